The Morgan fingerprint density at radius 3 is 2.77 bits per heavy atom. The number of hydrogen-bond donors (Lipinski definition) is 0. The van der Waals surface area contributed by atoms with E-state index in [9.17, 15) is 9.59 Å². The normalized spacial score (nSPS) is 15.7. The predicted molar refractivity (Wildman–Crippen MR) is 112 cm³/mol. The summed E-state index contributed by atoms with van der Waals surface area (Å²) in [6, 6.07) is 12.2. The molecule has 0 aliphatic carbocycles. The number of thiophene rings is 1. The van der Waals surface area contributed by atoms with Crippen molar-refractivity contribution < 1.29 is 23.5 Å². The first kappa shape index (κ1) is 19.9. The van der Waals surface area contributed by atoms with Crippen LogP contribution in [-0.4, -0.2) is 36.1 Å². The summed E-state index contributed by atoms with van der Waals surface area (Å²) in [5.74, 6) is 1.07. The van der Waals surface area contributed by atoms with Crippen LogP contribution in [0.5, 0.6) is 11.5 Å². The predicted octanol–water partition coefficient (Wildman–Crippen LogP) is 4.31. The highest BCUT2D eigenvalue weighted by atomic mass is 32.1. The van der Waals surface area contributed by atoms with Crippen LogP contribution in [-0.2, 0) is 4.79 Å². The van der Waals surface area contributed by atoms with Crippen molar-refractivity contribution in [2.24, 2.45) is 5.10 Å². The molecule has 3 heterocycles. The summed E-state index contributed by atoms with van der Waals surface area (Å²) in [7, 11) is 1.49. The number of rotatable bonds is 7. The lowest BCUT2D eigenvalue weighted by Gasteiger charge is -2.21. The fourth-order valence-electron chi connectivity index (χ4n) is 3.25. The number of nitrogens with zero attached hydrogens (tertiary/aromatic N) is 2. The maximum atomic E-state index is 13.0. The van der Waals surface area contributed by atoms with Gasteiger partial charge < -0.3 is 13.9 Å². The minimum atomic E-state index is -0.285. The molecular formula is C22H20N2O5S. The molecule has 0 spiro atoms. The fourth-order valence-corrected chi connectivity index (χ4v) is 4.06. The highest BCUT2D eigenvalue weighted by molar-refractivity contribution is 7.10. The lowest BCUT2D eigenvalue weighted by Crippen LogP contribution is -2.31. The quantitative estimate of drug-likeness (QED) is 0.528. The van der Waals surface area contributed by atoms with Crippen LogP contribution in [0.2, 0.25) is 0 Å². The average molecular weight is 424 g/mol. The summed E-state index contributed by atoms with van der Waals surface area (Å²) >= 11 is 1.57. The van der Waals surface area contributed by atoms with Gasteiger partial charge >= 0.3 is 0 Å². The molecule has 7 nitrogen and oxygen atoms in total. The molecule has 0 bridgehead atoms. The van der Waals surface area contributed by atoms with Gasteiger partial charge in [0.05, 0.1) is 19.4 Å². The molecule has 1 atom stereocenters. The van der Waals surface area contributed by atoms with Crippen LogP contribution in [0.15, 0.2) is 63.6 Å². The third-order valence-electron chi connectivity index (χ3n) is 4.76. The average Bonchev–Trinajstić information content (AvgIpc) is 3.51. The van der Waals surface area contributed by atoms with E-state index in [-0.39, 0.29) is 24.3 Å². The maximum Gasteiger partial charge on any atom is 0.281 e. The second-order valence-corrected chi connectivity index (χ2v) is 7.69. The van der Waals surface area contributed by atoms with Crippen LogP contribution in [0.4, 0.5) is 0 Å². The van der Waals surface area contributed by atoms with Gasteiger partial charge in [-0.2, -0.15) is 5.10 Å². The van der Waals surface area contributed by atoms with E-state index in [0.717, 1.165) is 10.6 Å². The lowest BCUT2D eigenvalue weighted by atomic mass is 10.1. The van der Waals surface area contributed by atoms with Gasteiger partial charge in [0.1, 0.15) is 11.5 Å². The Kier molecular flexibility index (Phi) is 5.67. The summed E-state index contributed by atoms with van der Waals surface area (Å²) in [5, 5.41) is 7.95. The Labute approximate surface area is 177 Å². The highest BCUT2D eigenvalue weighted by Crippen LogP contribution is 2.35. The minimum absolute atomic E-state index is 0.0772. The summed E-state index contributed by atoms with van der Waals surface area (Å²) in [6.07, 6.45) is 2.15. The van der Waals surface area contributed by atoms with Crippen LogP contribution >= 0.6 is 11.3 Å². The van der Waals surface area contributed by atoms with Crippen molar-refractivity contribution in [2.75, 3.05) is 13.7 Å². The minimum Gasteiger partial charge on any atom is -0.493 e. The van der Waals surface area contributed by atoms with Crippen molar-refractivity contribution in [3.05, 3.63) is 70.3 Å². The van der Waals surface area contributed by atoms with E-state index in [0.29, 0.717) is 29.2 Å². The zero-order chi connectivity index (χ0) is 21.1. The topological polar surface area (TPSA) is 81.3 Å². The van der Waals surface area contributed by atoms with Gasteiger partial charge in [-0.15, -0.1) is 11.3 Å². The van der Waals surface area contributed by atoms with Crippen molar-refractivity contribution >= 4 is 28.7 Å². The van der Waals surface area contributed by atoms with Crippen LogP contribution in [0.3, 0.4) is 0 Å². The standard InChI is InChI=1S/C22H20N2O5S/c1-14(25)15-7-8-19(20(11-15)27-2)29-13-22(26)24-17(21-6-4-10-30-21)12-16(23-24)18-5-3-9-28-18/h3-11,17H,12-13H2,1-2H3/t17-/m1/s1. The van der Waals surface area contributed by atoms with Crippen molar-refractivity contribution in [2.45, 2.75) is 19.4 Å². The third kappa shape index (κ3) is 3.99. The molecule has 30 heavy (non-hydrogen) atoms. The molecule has 0 saturated heterocycles. The molecule has 1 aliphatic heterocycles. The molecule has 1 aliphatic rings. The van der Waals surface area contributed by atoms with Gasteiger partial charge in [0, 0.05) is 16.9 Å². The highest BCUT2D eigenvalue weighted by Gasteiger charge is 2.34. The SMILES string of the molecule is COc1cc(C(C)=O)ccc1OCC(=O)N1N=C(c2ccco2)C[C@@H]1c1cccs1. The van der Waals surface area contributed by atoms with Crippen LogP contribution in [0, 0.1) is 0 Å². The second kappa shape index (κ2) is 8.54. The molecule has 3 aromatic rings. The third-order valence-corrected chi connectivity index (χ3v) is 5.74. The number of furan rings is 1. The van der Waals surface area contributed by atoms with Crippen LogP contribution < -0.4 is 9.47 Å². The molecule has 0 saturated carbocycles. The van der Waals surface area contributed by atoms with Crippen molar-refractivity contribution in [3.8, 4) is 11.5 Å². The van der Waals surface area contributed by atoms with Crippen molar-refractivity contribution in [1.29, 1.82) is 0 Å². The zero-order valence-corrected chi connectivity index (χ0v) is 17.3. The van der Waals surface area contributed by atoms with Gasteiger partial charge in [-0.05, 0) is 48.7 Å². The van der Waals surface area contributed by atoms with Crippen molar-refractivity contribution in [1.82, 2.24) is 5.01 Å². The Morgan fingerprint density at radius 2 is 2.10 bits per heavy atom. The molecule has 0 N–H and O–H groups in total. The monoisotopic (exact) mass is 424 g/mol. The molecular weight excluding hydrogens is 404 g/mol. The number of Topliss-reactive ketones (excluding diaryl/α,β-unsaturated/α-hetero) is 1. The fraction of sp³-hybridized carbons (Fsp3) is 0.227. The van der Waals surface area contributed by atoms with Crippen molar-refractivity contribution in [3.63, 3.8) is 0 Å². The number of benzene rings is 1. The number of ether oxygens (including phenoxy) is 2. The number of hydrazone groups is 1. The summed E-state index contributed by atoms with van der Waals surface area (Å²) in [4.78, 5) is 25.6. The molecule has 8 heteroatoms. The molecule has 0 radical (unpaired) electrons. The Balaban J connectivity index is 1.53. The number of hydrogen-bond acceptors (Lipinski definition) is 7. The van der Waals surface area contributed by atoms with E-state index in [2.05, 4.69) is 5.10 Å². The Bertz CT molecular complexity index is 1070. The van der Waals surface area contributed by atoms with E-state index in [1.54, 1.807) is 41.9 Å². The molecule has 0 fully saturated rings. The number of amides is 1. The van der Waals surface area contributed by atoms with Gasteiger partial charge in [-0.3, -0.25) is 9.59 Å². The molecule has 1 amide bonds. The first-order valence-corrected chi connectivity index (χ1v) is 10.2. The molecule has 154 valence electrons. The summed E-state index contributed by atoms with van der Waals surface area (Å²) in [5.41, 5.74) is 1.23. The number of carbonyl (C=O) groups excluding carboxylic acids is 2. The smallest absolute Gasteiger partial charge is 0.281 e. The van der Waals surface area contributed by atoms with Gasteiger partial charge in [0.15, 0.2) is 23.9 Å². The summed E-state index contributed by atoms with van der Waals surface area (Å²) in [6.45, 7) is 1.26. The van der Waals surface area contributed by atoms with E-state index in [4.69, 9.17) is 13.9 Å². The van der Waals surface area contributed by atoms with Gasteiger partial charge in [-0.25, -0.2) is 5.01 Å². The molecule has 4 rings (SSSR count). The number of methoxy groups -OCH3 is 1. The van der Waals surface area contributed by atoms with Crippen LogP contribution in [0.25, 0.3) is 0 Å². The Hall–Kier alpha value is -3.39. The van der Waals surface area contributed by atoms with Gasteiger partial charge in [-0.1, -0.05) is 6.07 Å². The van der Waals surface area contributed by atoms with Gasteiger partial charge in [0.2, 0.25) is 0 Å². The van der Waals surface area contributed by atoms with Crippen LogP contribution in [0.1, 0.15) is 40.4 Å². The second-order valence-electron chi connectivity index (χ2n) is 6.71. The molecule has 1 aromatic carbocycles. The largest absolute Gasteiger partial charge is 0.493 e. The van der Waals surface area contributed by atoms with E-state index in [1.807, 2.05) is 23.6 Å². The van der Waals surface area contributed by atoms with E-state index in [1.165, 1.54) is 19.0 Å². The lowest BCUT2D eigenvalue weighted by molar-refractivity contribution is -0.135. The first-order chi connectivity index (χ1) is 14.6. The Morgan fingerprint density at radius 1 is 1.23 bits per heavy atom. The maximum absolute atomic E-state index is 13.0. The first-order valence-electron chi connectivity index (χ1n) is 9.35. The number of ketones is 1. The number of carbonyl (C=O) groups is 2. The zero-order valence-electron chi connectivity index (χ0n) is 16.5. The van der Waals surface area contributed by atoms with E-state index >= 15 is 0 Å². The summed E-state index contributed by atoms with van der Waals surface area (Å²) < 4.78 is 16.5. The molecule has 0 unspecified atom stereocenters. The molecule has 2 aromatic heterocycles. The van der Waals surface area contributed by atoms with E-state index < -0.39 is 0 Å². The van der Waals surface area contributed by atoms with Gasteiger partial charge in [0.25, 0.3) is 5.91 Å².